The third kappa shape index (κ3) is 5.59. The van der Waals surface area contributed by atoms with E-state index in [4.69, 9.17) is 18.6 Å². The molecule has 0 saturated carbocycles. The molecule has 0 atom stereocenters. The van der Waals surface area contributed by atoms with Crippen LogP contribution in [0.15, 0.2) is 48.7 Å². The zero-order valence-corrected chi connectivity index (χ0v) is 14.7. The predicted octanol–water partition coefficient (Wildman–Crippen LogP) is -2.50. The molecule has 0 radical (unpaired) electrons. The number of fused-ring (bicyclic) bond motifs is 1. The molecule has 8 nitrogen and oxygen atoms in total. The molecule has 1 aromatic carbocycles. The zero-order chi connectivity index (χ0) is 18.6. The van der Waals surface area contributed by atoms with E-state index in [1.165, 1.54) is 5.56 Å². The van der Waals surface area contributed by atoms with Crippen LogP contribution in [0.1, 0.15) is 5.56 Å². The van der Waals surface area contributed by atoms with Crippen LogP contribution in [0, 0.1) is 17.2 Å². The molecule has 0 aliphatic heterocycles. The molecule has 0 bridgehead atoms. The van der Waals surface area contributed by atoms with Gasteiger partial charge in [-0.25, -0.2) is 18.6 Å². The molecule has 0 spiro atoms. The first-order valence-corrected chi connectivity index (χ1v) is 8.43. The summed E-state index contributed by atoms with van der Waals surface area (Å²) >= 11 is 0. The van der Waals surface area contributed by atoms with Crippen LogP contribution in [0.4, 0.5) is 5.95 Å². The molecule has 3 aromatic rings. The number of pyridine rings is 1. The summed E-state index contributed by atoms with van der Waals surface area (Å²) in [7, 11) is -0.965. The van der Waals surface area contributed by atoms with Gasteiger partial charge in [-0.05, 0) is 30.7 Å². The number of nitrogens with zero attached hydrogens (tertiary/aromatic N) is 4. The molecule has 2 heterocycles. The van der Waals surface area contributed by atoms with Crippen LogP contribution in [0.5, 0.6) is 0 Å². The van der Waals surface area contributed by atoms with Crippen molar-refractivity contribution in [2.45, 2.75) is 6.92 Å². The second kappa shape index (κ2) is 7.68. The van der Waals surface area contributed by atoms with Crippen molar-refractivity contribution >= 4 is 11.6 Å². The summed E-state index contributed by atoms with van der Waals surface area (Å²) in [4.78, 5) is 11.3. The van der Waals surface area contributed by atoms with E-state index in [0.717, 1.165) is 23.0 Å². The molecule has 25 heavy (non-hydrogen) atoms. The van der Waals surface area contributed by atoms with Crippen LogP contribution < -0.4 is 27.9 Å². The summed E-state index contributed by atoms with van der Waals surface area (Å²) in [6, 6.07) is 14.2. The number of hydrogen-bond donors (Lipinski definition) is 0. The summed E-state index contributed by atoms with van der Waals surface area (Å²) in [5.74, 6) is 1.62. The van der Waals surface area contributed by atoms with Gasteiger partial charge in [0.05, 0.1) is 6.20 Å². The van der Waals surface area contributed by atoms with Crippen LogP contribution in [0.25, 0.3) is 17.0 Å². The van der Waals surface area contributed by atoms with Crippen LogP contribution in [0.3, 0.4) is 0 Å². The predicted molar refractivity (Wildman–Crippen MR) is 79.7 cm³/mol. The van der Waals surface area contributed by atoms with E-state index in [-0.39, 0.29) is 0 Å². The van der Waals surface area contributed by atoms with Crippen molar-refractivity contribution in [2.75, 3.05) is 19.0 Å². The molecule has 9 heteroatoms. The Balaban J connectivity index is 0.000000399. The van der Waals surface area contributed by atoms with Gasteiger partial charge in [0.1, 0.15) is 0 Å². The number of hydrogen-bond acceptors (Lipinski definition) is 7. The van der Waals surface area contributed by atoms with Gasteiger partial charge < -0.3 is 0 Å². The Bertz CT molecular complexity index is 848. The fourth-order valence-electron chi connectivity index (χ4n) is 2.16. The van der Waals surface area contributed by atoms with Crippen molar-refractivity contribution in [3.63, 3.8) is 0 Å². The first-order chi connectivity index (χ1) is 11.6. The van der Waals surface area contributed by atoms with Crippen LogP contribution >= 0.6 is 0 Å². The maximum absolute atomic E-state index is 8.49. The highest BCUT2D eigenvalue weighted by molar-refractivity contribution is 5.57. The van der Waals surface area contributed by atoms with E-state index in [1.54, 1.807) is 0 Å². The quantitative estimate of drug-likeness (QED) is 0.460. The standard InChI is InChI=1S/C16H17N4.ClHO4/c1-12-9-10-20-14(11-12)17-15(18-16(20)19(2)3)13-7-5-4-6-8-13;2-1(3,4)5/h4-11H,1-3H3;(H,2,3,4,5)/q+1;/p-1. The minimum absolute atomic E-state index is 0.750. The molecule has 3 rings (SSSR count). The van der Waals surface area contributed by atoms with Crippen molar-refractivity contribution in [2.24, 2.45) is 0 Å². The number of benzene rings is 1. The van der Waals surface area contributed by atoms with Gasteiger partial charge >= 0.3 is 5.95 Å². The fraction of sp³-hybridized carbons (Fsp3) is 0.188. The van der Waals surface area contributed by atoms with Crippen molar-refractivity contribution in [1.29, 1.82) is 0 Å². The van der Waals surface area contributed by atoms with Crippen molar-refractivity contribution < 1.29 is 33.3 Å². The molecule has 0 saturated heterocycles. The van der Waals surface area contributed by atoms with Gasteiger partial charge in [0.2, 0.25) is 5.65 Å². The lowest BCUT2D eigenvalue weighted by atomic mass is 10.2. The van der Waals surface area contributed by atoms with E-state index in [0.29, 0.717) is 0 Å². The lowest BCUT2D eigenvalue weighted by Crippen LogP contribution is -2.68. The second-order valence-electron chi connectivity index (χ2n) is 5.42. The molecule has 0 amide bonds. The zero-order valence-electron chi connectivity index (χ0n) is 13.9. The number of anilines is 1. The maximum atomic E-state index is 8.49. The molecular formula is C16H17ClN4O4. The van der Waals surface area contributed by atoms with Gasteiger partial charge in [0.15, 0.2) is 0 Å². The first kappa shape index (κ1) is 19.0. The number of aromatic nitrogens is 3. The molecule has 0 aliphatic carbocycles. The van der Waals surface area contributed by atoms with Crippen LogP contribution in [0.2, 0.25) is 0 Å². The normalized spacial score (nSPS) is 11.0. The molecule has 0 N–H and O–H groups in total. The Labute approximate surface area is 147 Å². The average Bonchev–Trinajstić information content (AvgIpc) is 2.52. The fourth-order valence-corrected chi connectivity index (χ4v) is 2.16. The van der Waals surface area contributed by atoms with Gasteiger partial charge in [-0.2, -0.15) is 4.40 Å². The molecule has 0 unspecified atom stereocenters. The second-order valence-corrected chi connectivity index (χ2v) is 6.17. The summed E-state index contributed by atoms with van der Waals surface area (Å²) in [5, 5.41) is 0. The summed E-state index contributed by atoms with van der Waals surface area (Å²) in [6.07, 6.45) is 2.01. The largest absolute Gasteiger partial charge is 0.357 e. The monoisotopic (exact) mass is 364 g/mol. The highest BCUT2D eigenvalue weighted by Gasteiger charge is 2.18. The highest BCUT2D eigenvalue weighted by atomic mass is 35.7. The maximum Gasteiger partial charge on any atom is 0.357 e. The Morgan fingerprint density at radius 2 is 1.56 bits per heavy atom. The lowest BCUT2D eigenvalue weighted by Gasteiger charge is -2.17. The Morgan fingerprint density at radius 1 is 0.960 bits per heavy atom. The molecule has 0 aliphatic rings. The van der Waals surface area contributed by atoms with Gasteiger partial charge in [-0.15, -0.1) is 15.2 Å². The van der Waals surface area contributed by atoms with Gasteiger partial charge in [-0.1, -0.05) is 23.2 Å². The third-order valence-electron chi connectivity index (χ3n) is 3.16. The average molecular weight is 365 g/mol. The summed E-state index contributed by atoms with van der Waals surface area (Å²) in [6.45, 7) is 2.07. The van der Waals surface area contributed by atoms with E-state index in [9.17, 15) is 0 Å². The number of rotatable bonds is 2. The van der Waals surface area contributed by atoms with E-state index >= 15 is 0 Å². The third-order valence-corrected chi connectivity index (χ3v) is 3.16. The van der Waals surface area contributed by atoms with Gasteiger partial charge in [-0.3, -0.25) is 4.90 Å². The number of halogens is 1. The van der Waals surface area contributed by atoms with Gasteiger partial charge in [0.25, 0.3) is 5.82 Å². The van der Waals surface area contributed by atoms with E-state index in [2.05, 4.69) is 29.0 Å². The molecule has 0 fully saturated rings. The van der Waals surface area contributed by atoms with Gasteiger partial charge in [0, 0.05) is 25.7 Å². The minimum Gasteiger partial charge on any atom is -0.286 e. The SMILES string of the molecule is Cc1cc[n+]2c(N(C)C)nc(-c3ccccc3)nc2c1.[O-][Cl+3]([O-])([O-])[O-]. The van der Waals surface area contributed by atoms with Crippen molar-refractivity contribution in [3.05, 3.63) is 54.2 Å². The smallest absolute Gasteiger partial charge is 0.286 e. The highest BCUT2D eigenvalue weighted by Crippen LogP contribution is 2.16. The van der Waals surface area contributed by atoms with E-state index in [1.807, 2.05) is 59.9 Å². The minimum atomic E-state index is -4.94. The summed E-state index contributed by atoms with van der Waals surface area (Å²) < 4.78 is 36.0. The van der Waals surface area contributed by atoms with E-state index < -0.39 is 10.2 Å². The Kier molecular flexibility index (Phi) is 5.83. The Morgan fingerprint density at radius 3 is 2.12 bits per heavy atom. The molecule has 132 valence electrons. The first-order valence-electron chi connectivity index (χ1n) is 7.20. The van der Waals surface area contributed by atoms with Crippen LogP contribution in [-0.4, -0.2) is 24.1 Å². The topological polar surface area (TPSA) is 125 Å². The summed E-state index contributed by atoms with van der Waals surface area (Å²) in [5.41, 5.74) is 3.12. The number of aryl methyl sites for hydroxylation is 1. The lowest BCUT2D eigenvalue weighted by molar-refractivity contribution is -2.00. The molecule has 2 aromatic heterocycles. The molecular weight excluding hydrogens is 348 g/mol. The van der Waals surface area contributed by atoms with Crippen molar-refractivity contribution in [3.8, 4) is 11.4 Å². The Hall–Kier alpha value is -2.36. The van der Waals surface area contributed by atoms with Crippen LogP contribution in [-0.2, 0) is 0 Å². The van der Waals surface area contributed by atoms with Crippen molar-refractivity contribution in [1.82, 2.24) is 9.97 Å².